The van der Waals surface area contributed by atoms with Crippen LogP contribution < -0.4 is 5.32 Å². The Balaban J connectivity index is 1.71. The van der Waals surface area contributed by atoms with Crippen molar-refractivity contribution in [3.8, 4) is 0 Å². The molecule has 0 saturated heterocycles. The van der Waals surface area contributed by atoms with E-state index in [4.69, 9.17) is 4.42 Å². The molecule has 3 aromatic rings. The van der Waals surface area contributed by atoms with Gasteiger partial charge in [-0.3, -0.25) is 4.68 Å². The molecule has 0 aliphatic rings. The number of anilines is 1. The average molecular weight is 242 g/mol. The van der Waals surface area contributed by atoms with Gasteiger partial charge in [-0.2, -0.15) is 10.1 Å². The number of hydrogen-bond donors (Lipinski definition) is 1. The molecule has 2 heterocycles. The molecule has 1 aromatic carbocycles. The summed E-state index contributed by atoms with van der Waals surface area (Å²) in [5.41, 5.74) is 1.66. The second-order valence-electron chi connectivity index (χ2n) is 4.26. The van der Waals surface area contributed by atoms with Gasteiger partial charge in [0.25, 0.3) is 6.01 Å². The predicted octanol–water partition coefficient (Wildman–Crippen LogP) is 2.52. The molecule has 0 amide bonds. The molecule has 0 saturated carbocycles. The van der Waals surface area contributed by atoms with Crippen LogP contribution in [0.1, 0.15) is 6.92 Å². The zero-order chi connectivity index (χ0) is 12.4. The maximum absolute atomic E-state index is 5.61. The van der Waals surface area contributed by atoms with Crippen molar-refractivity contribution < 1.29 is 4.42 Å². The summed E-state index contributed by atoms with van der Waals surface area (Å²) in [6.07, 6.45) is 3.70. The molecule has 0 aliphatic heterocycles. The number of oxazole rings is 1. The van der Waals surface area contributed by atoms with Crippen LogP contribution in [0.3, 0.4) is 0 Å². The number of nitrogens with one attached hydrogen (secondary N) is 1. The summed E-state index contributed by atoms with van der Waals surface area (Å²) in [5.74, 6) is 0. The normalized spacial score (nSPS) is 12.7. The number of aromatic nitrogens is 3. The van der Waals surface area contributed by atoms with E-state index in [0.29, 0.717) is 6.01 Å². The minimum atomic E-state index is 0.193. The van der Waals surface area contributed by atoms with Gasteiger partial charge < -0.3 is 9.73 Å². The lowest BCUT2D eigenvalue weighted by Gasteiger charge is -2.11. The molecule has 5 heteroatoms. The van der Waals surface area contributed by atoms with Crippen molar-refractivity contribution in [1.82, 2.24) is 14.8 Å². The number of nitrogens with zero attached hydrogens (tertiary/aromatic N) is 3. The van der Waals surface area contributed by atoms with E-state index >= 15 is 0 Å². The summed E-state index contributed by atoms with van der Waals surface area (Å²) in [7, 11) is 0. The highest BCUT2D eigenvalue weighted by molar-refractivity contribution is 5.74. The summed E-state index contributed by atoms with van der Waals surface area (Å²) in [5, 5.41) is 7.40. The Labute approximate surface area is 104 Å². The summed E-state index contributed by atoms with van der Waals surface area (Å²) in [6, 6.07) is 10.4. The molecule has 0 spiro atoms. The molecule has 2 aromatic heterocycles. The minimum absolute atomic E-state index is 0.193. The van der Waals surface area contributed by atoms with E-state index in [-0.39, 0.29) is 6.04 Å². The van der Waals surface area contributed by atoms with Crippen LogP contribution >= 0.6 is 0 Å². The Bertz CT molecular complexity index is 596. The Hall–Kier alpha value is -2.30. The lowest BCUT2D eigenvalue weighted by molar-refractivity contribution is 0.535. The average Bonchev–Trinajstić information content (AvgIpc) is 2.96. The van der Waals surface area contributed by atoms with Crippen LogP contribution in [0.2, 0.25) is 0 Å². The number of hydrogen-bond acceptors (Lipinski definition) is 4. The monoisotopic (exact) mass is 242 g/mol. The zero-order valence-electron chi connectivity index (χ0n) is 10.1. The fraction of sp³-hybridized carbons (Fsp3) is 0.231. The standard InChI is InChI=1S/C13H14N4O/c1-10(9-17-8-4-7-14-17)15-13-16-11-5-2-3-6-12(11)18-13/h2-8,10H,9H2,1H3,(H,15,16)/t10-/m0/s1. The second kappa shape index (κ2) is 4.52. The van der Waals surface area contributed by atoms with Gasteiger partial charge in [-0.15, -0.1) is 0 Å². The molecule has 1 atom stereocenters. The molecule has 0 radical (unpaired) electrons. The van der Waals surface area contributed by atoms with E-state index in [1.165, 1.54) is 0 Å². The maximum atomic E-state index is 5.61. The highest BCUT2D eigenvalue weighted by atomic mass is 16.4. The molecule has 0 bridgehead atoms. The van der Waals surface area contributed by atoms with E-state index in [1.54, 1.807) is 6.20 Å². The third-order valence-corrected chi connectivity index (χ3v) is 2.68. The fourth-order valence-electron chi connectivity index (χ4n) is 1.88. The van der Waals surface area contributed by atoms with Gasteiger partial charge in [-0.25, -0.2) is 0 Å². The van der Waals surface area contributed by atoms with Crippen LogP contribution in [0, 0.1) is 0 Å². The molecule has 0 aliphatic carbocycles. The van der Waals surface area contributed by atoms with Crippen molar-refractivity contribution in [1.29, 1.82) is 0 Å². The van der Waals surface area contributed by atoms with Crippen molar-refractivity contribution in [2.75, 3.05) is 5.32 Å². The molecule has 0 fully saturated rings. The van der Waals surface area contributed by atoms with Gasteiger partial charge in [-0.1, -0.05) is 12.1 Å². The van der Waals surface area contributed by atoms with Crippen molar-refractivity contribution in [3.05, 3.63) is 42.7 Å². The van der Waals surface area contributed by atoms with Gasteiger partial charge in [0, 0.05) is 18.4 Å². The SMILES string of the molecule is C[C@@H](Cn1cccn1)Nc1nc2ccccc2o1. The van der Waals surface area contributed by atoms with Crippen LogP contribution in [-0.2, 0) is 6.54 Å². The molecular formula is C13H14N4O. The van der Waals surface area contributed by atoms with E-state index in [9.17, 15) is 0 Å². The maximum Gasteiger partial charge on any atom is 0.295 e. The lowest BCUT2D eigenvalue weighted by Crippen LogP contribution is -2.22. The van der Waals surface area contributed by atoms with E-state index in [0.717, 1.165) is 17.6 Å². The lowest BCUT2D eigenvalue weighted by atomic mass is 10.3. The Morgan fingerprint density at radius 1 is 1.33 bits per heavy atom. The van der Waals surface area contributed by atoms with Crippen LogP contribution in [-0.4, -0.2) is 20.8 Å². The number of rotatable bonds is 4. The first-order chi connectivity index (χ1) is 8.81. The molecule has 0 unspecified atom stereocenters. The second-order valence-corrected chi connectivity index (χ2v) is 4.26. The highest BCUT2D eigenvalue weighted by Crippen LogP contribution is 2.18. The van der Waals surface area contributed by atoms with Crippen molar-refractivity contribution >= 4 is 17.1 Å². The molecule has 5 nitrogen and oxygen atoms in total. The number of para-hydroxylation sites is 2. The van der Waals surface area contributed by atoms with Gasteiger partial charge in [-0.05, 0) is 25.1 Å². The van der Waals surface area contributed by atoms with Crippen LogP contribution in [0.25, 0.3) is 11.1 Å². The molecular weight excluding hydrogens is 228 g/mol. The van der Waals surface area contributed by atoms with Gasteiger partial charge >= 0.3 is 0 Å². The van der Waals surface area contributed by atoms with Gasteiger partial charge in [0.15, 0.2) is 5.58 Å². The Morgan fingerprint density at radius 3 is 3.00 bits per heavy atom. The first kappa shape index (κ1) is 10.8. The third-order valence-electron chi connectivity index (χ3n) is 2.68. The summed E-state index contributed by atoms with van der Waals surface area (Å²) < 4.78 is 7.48. The topological polar surface area (TPSA) is 55.9 Å². The van der Waals surface area contributed by atoms with Crippen LogP contribution in [0.4, 0.5) is 6.01 Å². The van der Waals surface area contributed by atoms with Gasteiger partial charge in [0.1, 0.15) is 5.52 Å². The summed E-state index contributed by atoms with van der Waals surface area (Å²) in [6.45, 7) is 2.84. The summed E-state index contributed by atoms with van der Waals surface area (Å²) in [4.78, 5) is 4.37. The largest absolute Gasteiger partial charge is 0.424 e. The predicted molar refractivity (Wildman–Crippen MR) is 69.3 cm³/mol. The van der Waals surface area contributed by atoms with Gasteiger partial charge in [0.05, 0.1) is 6.54 Å². The van der Waals surface area contributed by atoms with Crippen molar-refractivity contribution in [2.24, 2.45) is 0 Å². The first-order valence-corrected chi connectivity index (χ1v) is 5.91. The van der Waals surface area contributed by atoms with E-state index in [2.05, 4.69) is 22.3 Å². The quantitative estimate of drug-likeness (QED) is 0.763. The van der Waals surface area contributed by atoms with E-state index in [1.807, 2.05) is 41.2 Å². The van der Waals surface area contributed by atoms with Gasteiger partial charge in [0.2, 0.25) is 0 Å². The Kier molecular flexibility index (Phi) is 2.72. The molecule has 3 rings (SSSR count). The van der Waals surface area contributed by atoms with E-state index < -0.39 is 0 Å². The Morgan fingerprint density at radius 2 is 2.22 bits per heavy atom. The van der Waals surface area contributed by atoms with Crippen LogP contribution in [0.5, 0.6) is 0 Å². The number of fused-ring (bicyclic) bond motifs is 1. The number of benzene rings is 1. The molecule has 1 N–H and O–H groups in total. The fourth-order valence-corrected chi connectivity index (χ4v) is 1.88. The smallest absolute Gasteiger partial charge is 0.295 e. The first-order valence-electron chi connectivity index (χ1n) is 5.91. The molecule has 18 heavy (non-hydrogen) atoms. The minimum Gasteiger partial charge on any atom is -0.424 e. The van der Waals surface area contributed by atoms with Crippen LogP contribution in [0.15, 0.2) is 47.1 Å². The summed E-state index contributed by atoms with van der Waals surface area (Å²) >= 11 is 0. The van der Waals surface area contributed by atoms with Crippen molar-refractivity contribution in [3.63, 3.8) is 0 Å². The third kappa shape index (κ3) is 2.20. The highest BCUT2D eigenvalue weighted by Gasteiger charge is 2.08. The van der Waals surface area contributed by atoms with Crippen molar-refractivity contribution in [2.45, 2.75) is 19.5 Å². The zero-order valence-corrected chi connectivity index (χ0v) is 10.1. The molecule has 92 valence electrons.